The average molecular weight is 230 g/mol. The molecule has 0 saturated heterocycles. The maximum atomic E-state index is 5.72. The van der Waals surface area contributed by atoms with Crippen LogP contribution < -0.4 is 5.73 Å². The minimum Gasteiger partial charge on any atom is -0.397 e. The Balaban J connectivity index is 2.51. The van der Waals surface area contributed by atoms with Crippen molar-refractivity contribution in [3.05, 3.63) is 29.7 Å². The summed E-state index contributed by atoms with van der Waals surface area (Å²) >= 11 is 0. The number of rotatable bonds is 3. The van der Waals surface area contributed by atoms with Crippen molar-refractivity contribution in [2.24, 2.45) is 7.05 Å². The number of nitrogens with zero attached hydrogens (tertiary/aromatic N) is 3. The third-order valence-corrected chi connectivity index (χ3v) is 2.75. The fourth-order valence-electron chi connectivity index (χ4n) is 2.03. The van der Waals surface area contributed by atoms with Gasteiger partial charge in [0.05, 0.1) is 23.3 Å². The van der Waals surface area contributed by atoms with Crippen LogP contribution in [0, 0.1) is 6.92 Å². The summed E-state index contributed by atoms with van der Waals surface area (Å²) in [6, 6.07) is 1.95. The third-order valence-electron chi connectivity index (χ3n) is 2.75. The largest absolute Gasteiger partial charge is 0.397 e. The normalized spacial score (nSPS) is 10.8. The number of nitrogens with two attached hydrogens (primary N) is 1. The number of aromatic nitrogens is 3. The zero-order valence-corrected chi connectivity index (χ0v) is 10.6. The van der Waals surface area contributed by atoms with Gasteiger partial charge < -0.3 is 5.73 Å². The van der Waals surface area contributed by atoms with Gasteiger partial charge in [-0.3, -0.25) is 9.67 Å². The first-order valence-corrected chi connectivity index (χ1v) is 5.86. The quantitative estimate of drug-likeness (QED) is 0.880. The summed E-state index contributed by atoms with van der Waals surface area (Å²) in [6.45, 7) is 4.18. The molecule has 0 atom stereocenters. The van der Waals surface area contributed by atoms with Gasteiger partial charge in [0.2, 0.25) is 0 Å². The maximum Gasteiger partial charge on any atom is 0.0767 e. The van der Waals surface area contributed by atoms with Crippen molar-refractivity contribution in [2.45, 2.75) is 26.7 Å². The molecular formula is C13H18N4. The average Bonchev–Trinajstić information content (AvgIpc) is 2.60. The van der Waals surface area contributed by atoms with Crippen LogP contribution in [0.5, 0.6) is 0 Å². The molecule has 0 aliphatic rings. The molecule has 90 valence electrons. The van der Waals surface area contributed by atoms with Gasteiger partial charge in [0, 0.05) is 18.8 Å². The predicted octanol–water partition coefficient (Wildman–Crippen LogP) is 2.33. The van der Waals surface area contributed by atoms with E-state index in [-0.39, 0.29) is 0 Å². The van der Waals surface area contributed by atoms with E-state index in [4.69, 9.17) is 5.73 Å². The van der Waals surface area contributed by atoms with Gasteiger partial charge in [-0.25, -0.2) is 0 Å². The molecule has 17 heavy (non-hydrogen) atoms. The summed E-state index contributed by atoms with van der Waals surface area (Å²) in [5.74, 6) is 0. The van der Waals surface area contributed by atoms with Crippen molar-refractivity contribution in [2.75, 3.05) is 5.73 Å². The Morgan fingerprint density at radius 3 is 2.82 bits per heavy atom. The second kappa shape index (κ2) is 4.57. The lowest BCUT2D eigenvalue weighted by molar-refractivity contribution is 0.733. The lowest BCUT2D eigenvalue weighted by atomic mass is 10.1. The molecule has 4 heteroatoms. The maximum absolute atomic E-state index is 5.72. The fraction of sp³-hybridized carbons (Fsp3) is 0.385. The molecule has 0 amide bonds. The first-order chi connectivity index (χ1) is 8.11. The van der Waals surface area contributed by atoms with Crippen LogP contribution in [0.15, 0.2) is 18.5 Å². The molecule has 0 unspecified atom stereocenters. The zero-order chi connectivity index (χ0) is 12.4. The molecule has 0 aliphatic heterocycles. The lowest BCUT2D eigenvalue weighted by Gasteiger charge is -2.05. The Bertz CT molecular complexity index is 528. The first-order valence-electron chi connectivity index (χ1n) is 5.86. The Hall–Kier alpha value is -1.84. The molecular weight excluding hydrogens is 212 g/mol. The highest BCUT2D eigenvalue weighted by atomic mass is 15.3. The molecule has 0 spiro atoms. The first kappa shape index (κ1) is 11.6. The predicted molar refractivity (Wildman–Crippen MR) is 69.6 cm³/mol. The summed E-state index contributed by atoms with van der Waals surface area (Å²) in [6.07, 6.45) is 5.78. The van der Waals surface area contributed by atoms with Crippen LogP contribution in [0.25, 0.3) is 11.3 Å². The van der Waals surface area contributed by atoms with E-state index in [2.05, 4.69) is 17.0 Å². The molecule has 0 aromatic carbocycles. The van der Waals surface area contributed by atoms with E-state index >= 15 is 0 Å². The van der Waals surface area contributed by atoms with E-state index in [0.717, 1.165) is 35.4 Å². The van der Waals surface area contributed by atoms with Crippen LogP contribution in [0.2, 0.25) is 0 Å². The van der Waals surface area contributed by atoms with Crippen LogP contribution in [0.1, 0.15) is 24.6 Å². The number of hydrogen-bond donors (Lipinski definition) is 1. The van der Waals surface area contributed by atoms with Gasteiger partial charge in [0.1, 0.15) is 0 Å². The highest BCUT2D eigenvalue weighted by molar-refractivity contribution is 5.66. The van der Waals surface area contributed by atoms with Crippen molar-refractivity contribution >= 4 is 5.69 Å². The summed E-state index contributed by atoms with van der Waals surface area (Å²) in [5.41, 5.74) is 10.7. The van der Waals surface area contributed by atoms with Crippen LogP contribution in [-0.2, 0) is 13.5 Å². The third kappa shape index (κ3) is 2.30. The van der Waals surface area contributed by atoms with E-state index in [9.17, 15) is 0 Å². The lowest BCUT2D eigenvalue weighted by Crippen LogP contribution is -1.95. The summed E-state index contributed by atoms with van der Waals surface area (Å²) in [7, 11) is 1.94. The smallest absolute Gasteiger partial charge is 0.0767 e. The molecule has 2 aromatic rings. The van der Waals surface area contributed by atoms with Crippen molar-refractivity contribution in [3.63, 3.8) is 0 Å². The second-order valence-corrected chi connectivity index (χ2v) is 4.35. The van der Waals surface area contributed by atoms with Crippen LogP contribution in [0.3, 0.4) is 0 Å². The van der Waals surface area contributed by atoms with E-state index in [1.807, 2.05) is 30.9 Å². The standard InChI is InChI=1S/C13H18N4/c1-4-5-12-11(8-17(3)16-12)13-9(2)6-10(14)7-15-13/h6-8H,4-5,14H2,1-3H3. The second-order valence-electron chi connectivity index (χ2n) is 4.35. The van der Waals surface area contributed by atoms with E-state index < -0.39 is 0 Å². The van der Waals surface area contributed by atoms with Gasteiger partial charge in [-0.2, -0.15) is 5.10 Å². The van der Waals surface area contributed by atoms with Gasteiger partial charge >= 0.3 is 0 Å². The number of nitrogen functional groups attached to an aromatic ring is 1. The number of pyridine rings is 1. The monoisotopic (exact) mass is 230 g/mol. The van der Waals surface area contributed by atoms with Crippen molar-refractivity contribution in [1.29, 1.82) is 0 Å². The minimum absolute atomic E-state index is 0.701. The van der Waals surface area contributed by atoms with Gasteiger partial charge in [0.15, 0.2) is 0 Å². The summed E-state index contributed by atoms with van der Waals surface area (Å²) in [5, 5.41) is 4.49. The van der Waals surface area contributed by atoms with E-state index in [1.54, 1.807) is 6.20 Å². The topological polar surface area (TPSA) is 56.7 Å². The van der Waals surface area contributed by atoms with Crippen LogP contribution >= 0.6 is 0 Å². The van der Waals surface area contributed by atoms with Gasteiger partial charge in [-0.05, 0) is 25.0 Å². The van der Waals surface area contributed by atoms with Gasteiger partial charge in [-0.15, -0.1) is 0 Å². The zero-order valence-electron chi connectivity index (χ0n) is 10.6. The molecule has 0 bridgehead atoms. The molecule has 0 fully saturated rings. The minimum atomic E-state index is 0.701. The molecule has 2 N–H and O–H groups in total. The Labute approximate surface area is 101 Å². The number of anilines is 1. The van der Waals surface area contributed by atoms with E-state index in [1.165, 1.54) is 0 Å². The molecule has 0 radical (unpaired) electrons. The Morgan fingerprint density at radius 2 is 2.18 bits per heavy atom. The van der Waals surface area contributed by atoms with Crippen LogP contribution in [-0.4, -0.2) is 14.8 Å². The summed E-state index contributed by atoms with van der Waals surface area (Å²) in [4.78, 5) is 4.43. The Morgan fingerprint density at radius 1 is 1.41 bits per heavy atom. The number of aryl methyl sites for hydroxylation is 3. The molecule has 2 rings (SSSR count). The Kier molecular flexibility index (Phi) is 3.13. The molecule has 2 heterocycles. The fourth-order valence-corrected chi connectivity index (χ4v) is 2.03. The van der Waals surface area contributed by atoms with Crippen molar-refractivity contribution < 1.29 is 0 Å². The molecule has 0 aliphatic carbocycles. The van der Waals surface area contributed by atoms with Crippen molar-refractivity contribution in [1.82, 2.24) is 14.8 Å². The molecule has 0 saturated carbocycles. The number of hydrogen-bond acceptors (Lipinski definition) is 3. The van der Waals surface area contributed by atoms with Crippen molar-refractivity contribution in [3.8, 4) is 11.3 Å². The van der Waals surface area contributed by atoms with E-state index in [0.29, 0.717) is 5.69 Å². The van der Waals surface area contributed by atoms with Crippen LogP contribution in [0.4, 0.5) is 5.69 Å². The molecule has 2 aromatic heterocycles. The van der Waals surface area contributed by atoms with Gasteiger partial charge in [-0.1, -0.05) is 13.3 Å². The SMILES string of the molecule is CCCc1nn(C)cc1-c1ncc(N)cc1C. The highest BCUT2D eigenvalue weighted by Gasteiger charge is 2.12. The molecule has 4 nitrogen and oxygen atoms in total. The van der Waals surface area contributed by atoms with Gasteiger partial charge in [0.25, 0.3) is 0 Å². The highest BCUT2D eigenvalue weighted by Crippen LogP contribution is 2.25. The summed E-state index contributed by atoms with van der Waals surface area (Å²) < 4.78 is 1.85.